The summed E-state index contributed by atoms with van der Waals surface area (Å²) in [7, 11) is 0. The van der Waals surface area contributed by atoms with Gasteiger partial charge in [0.1, 0.15) is 0 Å². The van der Waals surface area contributed by atoms with Crippen LogP contribution >= 0.6 is 0 Å². The summed E-state index contributed by atoms with van der Waals surface area (Å²) in [5, 5.41) is 3.43. The lowest BCUT2D eigenvalue weighted by Gasteiger charge is -2.11. The van der Waals surface area contributed by atoms with E-state index < -0.39 is 0 Å². The van der Waals surface area contributed by atoms with Crippen LogP contribution in [0.3, 0.4) is 0 Å². The van der Waals surface area contributed by atoms with Crippen LogP contribution in [0.4, 0.5) is 11.4 Å². The number of hydrogen-bond donors (Lipinski definition) is 2. The molecule has 0 fully saturated rings. The summed E-state index contributed by atoms with van der Waals surface area (Å²) in [5.74, 6) is 0. The van der Waals surface area contributed by atoms with Crippen molar-refractivity contribution in [3.05, 3.63) is 59.2 Å². The molecule has 0 aliphatic heterocycles. The van der Waals surface area contributed by atoms with Crippen molar-refractivity contribution in [3.8, 4) is 0 Å². The number of nitrogens with two attached hydrogens (primary N) is 1. The quantitative estimate of drug-likeness (QED) is 0.786. The van der Waals surface area contributed by atoms with Crippen LogP contribution < -0.4 is 11.1 Å². The molecule has 0 saturated carbocycles. The largest absolute Gasteiger partial charge is 0.399 e. The molecule has 0 bridgehead atoms. The molecule has 0 aromatic heterocycles. The number of benzene rings is 2. The Bertz CT molecular complexity index is 518. The van der Waals surface area contributed by atoms with Crippen LogP contribution in [0.2, 0.25) is 0 Å². The first kappa shape index (κ1) is 11.5. The molecule has 0 spiro atoms. The second kappa shape index (κ2) is 4.91. The van der Waals surface area contributed by atoms with E-state index in [1.807, 2.05) is 18.2 Å². The van der Waals surface area contributed by atoms with Gasteiger partial charge in [0.05, 0.1) is 0 Å². The third kappa shape index (κ3) is 2.78. The molecule has 3 N–H and O–H groups in total. The Labute approximate surface area is 102 Å². The van der Waals surface area contributed by atoms with Gasteiger partial charge in [-0.3, -0.25) is 0 Å². The van der Waals surface area contributed by atoms with E-state index in [9.17, 15) is 0 Å². The number of hydrogen-bond acceptors (Lipinski definition) is 2. The molecule has 17 heavy (non-hydrogen) atoms. The molecular weight excluding hydrogens is 208 g/mol. The van der Waals surface area contributed by atoms with Crippen LogP contribution in [0.5, 0.6) is 0 Å². The highest BCUT2D eigenvalue weighted by Crippen LogP contribution is 2.19. The summed E-state index contributed by atoms with van der Waals surface area (Å²) >= 11 is 0. The summed E-state index contributed by atoms with van der Waals surface area (Å²) in [5.41, 5.74) is 11.5. The molecule has 2 aromatic carbocycles. The Kier molecular flexibility index (Phi) is 3.33. The van der Waals surface area contributed by atoms with Crippen molar-refractivity contribution in [1.82, 2.24) is 0 Å². The van der Waals surface area contributed by atoms with Gasteiger partial charge in [0.2, 0.25) is 0 Å². The maximum absolute atomic E-state index is 5.79. The first-order chi connectivity index (χ1) is 8.16. The summed E-state index contributed by atoms with van der Waals surface area (Å²) < 4.78 is 0. The smallest absolute Gasteiger partial charge is 0.0403 e. The monoisotopic (exact) mass is 226 g/mol. The standard InChI is InChI=1S/C15H18N2/c1-11-5-3-4-6-13(11)10-17-15-9-14(16)8-7-12(15)2/h3-9,17H,10,16H2,1-2H3. The van der Waals surface area contributed by atoms with Gasteiger partial charge in [-0.1, -0.05) is 30.3 Å². The van der Waals surface area contributed by atoms with Gasteiger partial charge in [-0.25, -0.2) is 0 Å². The molecule has 0 saturated heterocycles. The fraction of sp³-hybridized carbons (Fsp3) is 0.200. The highest BCUT2D eigenvalue weighted by molar-refractivity contribution is 5.59. The highest BCUT2D eigenvalue weighted by atomic mass is 14.9. The van der Waals surface area contributed by atoms with E-state index in [2.05, 4.69) is 43.4 Å². The number of anilines is 2. The fourth-order valence-corrected chi connectivity index (χ4v) is 1.83. The topological polar surface area (TPSA) is 38.0 Å². The average molecular weight is 226 g/mol. The molecule has 0 aliphatic carbocycles. The summed E-state index contributed by atoms with van der Waals surface area (Å²) in [6.07, 6.45) is 0. The number of nitrogens with one attached hydrogen (secondary N) is 1. The molecule has 0 radical (unpaired) electrons. The number of nitrogen functional groups attached to an aromatic ring is 1. The SMILES string of the molecule is Cc1ccccc1CNc1cc(N)ccc1C. The van der Waals surface area contributed by atoms with E-state index in [-0.39, 0.29) is 0 Å². The lowest BCUT2D eigenvalue weighted by molar-refractivity contribution is 1.11. The van der Waals surface area contributed by atoms with Gasteiger partial charge in [-0.05, 0) is 42.7 Å². The summed E-state index contributed by atoms with van der Waals surface area (Å²) in [4.78, 5) is 0. The van der Waals surface area contributed by atoms with E-state index in [1.165, 1.54) is 16.7 Å². The van der Waals surface area contributed by atoms with Crippen molar-refractivity contribution >= 4 is 11.4 Å². The third-order valence-corrected chi connectivity index (χ3v) is 2.99. The zero-order valence-corrected chi connectivity index (χ0v) is 10.3. The average Bonchev–Trinajstić information content (AvgIpc) is 2.32. The van der Waals surface area contributed by atoms with Gasteiger partial charge >= 0.3 is 0 Å². The molecule has 2 rings (SSSR count). The predicted octanol–water partition coefficient (Wildman–Crippen LogP) is 3.50. The molecule has 0 atom stereocenters. The predicted molar refractivity (Wildman–Crippen MR) is 74.1 cm³/mol. The van der Waals surface area contributed by atoms with E-state index in [0.717, 1.165) is 17.9 Å². The maximum Gasteiger partial charge on any atom is 0.0403 e. The molecule has 0 unspecified atom stereocenters. The Hall–Kier alpha value is -1.96. The van der Waals surface area contributed by atoms with E-state index in [1.54, 1.807) is 0 Å². The number of aryl methyl sites for hydroxylation is 2. The van der Waals surface area contributed by atoms with Crippen molar-refractivity contribution < 1.29 is 0 Å². The van der Waals surface area contributed by atoms with Crippen molar-refractivity contribution in [2.24, 2.45) is 0 Å². The summed E-state index contributed by atoms with van der Waals surface area (Å²) in [6, 6.07) is 14.3. The molecule has 2 heteroatoms. The van der Waals surface area contributed by atoms with Gasteiger partial charge in [0.15, 0.2) is 0 Å². The zero-order chi connectivity index (χ0) is 12.3. The van der Waals surface area contributed by atoms with Crippen LogP contribution in [0.15, 0.2) is 42.5 Å². The van der Waals surface area contributed by atoms with Gasteiger partial charge in [-0.2, -0.15) is 0 Å². The Morgan fingerprint density at radius 1 is 1.00 bits per heavy atom. The minimum atomic E-state index is 0.794. The van der Waals surface area contributed by atoms with Crippen LogP contribution in [0.1, 0.15) is 16.7 Å². The second-order valence-corrected chi connectivity index (χ2v) is 4.35. The first-order valence-electron chi connectivity index (χ1n) is 5.81. The highest BCUT2D eigenvalue weighted by Gasteiger charge is 2.00. The minimum Gasteiger partial charge on any atom is -0.399 e. The molecule has 0 aliphatic rings. The normalized spacial score (nSPS) is 10.2. The van der Waals surface area contributed by atoms with E-state index in [4.69, 9.17) is 5.73 Å². The van der Waals surface area contributed by atoms with Gasteiger partial charge in [0, 0.05) is 17.9 Å². The first-order valence-corrected chi connectivity index (χ1v) is 5.81. The van der Waals surface area contributed by atoms with E-state index in [0.29, 0.717) is 0 Å². The Morgan fingerprint density at radius 2 is 1.76 bits per heavy atom. The van der Waals surface area contributed by atoms with Crippen molar-refractivity contribution in [1.29, 1.82) is 0 Å². The van der Waals surface area contributed by atoms with Gasteiger partial charge in [0.25, 0.3) is 0 Å². The lowest BCUT2D eigenvalue weighted by Crippen LogP contribution is -2.03. The maximum atomic E-state index is 5.79. The van der Waals surface area contributed by atoms with E-state index >= 15 is 0 Å². The summed E-state index contributed by atoms with van der Waals surface area (Å²) in [6.45, 7) is 5.04. The van der Waals surface area contributed by atoms with Gasteiger partial charge in [-0.15, -0.1) is 0 Å². The molecule has 88 valence electrons. The van der Waals surface area contributed by atoms with Crippen molar-refractivity contribution in [2.45, 2.75) is 20.4 Å². The molecule has 0 amide bonds. The van der Waals surface area contributed by atoms with Gasteiger partial charge < -0.3 is 11.1 Å². The molecule has 2 nitrogen and oxygen atoms in total. The zero-order valence-electron chi connectivity index (χ0n) is 10.3. The number of rotatable bonds is 3. The van der Waals surface area contributed by atoms with Crippen LogP contribution in [-0.2, 0) is 6.54 Å². The molecule has 2 aromatic rings. The lowest BCUT2D eigenvalue weighted by atomic mass is 10.1. The molecular formula is C15H18N2. The minimum absolute atomic E-state index is 0.794. The Morgan fingerprint density at radius 3 is 2.53 bits per heavy atom. The fourth-order valence-electron chi connectivity index (χ4n) is 1.83. The second-order valence-electron chi connectivity index (χ2n) is 4.35. The third-order valence-electron chi connectivity index (χ3n) is 2.99. The molecule has 0 heterocycles. The Balaban J connectivity index is 2.12. The van der Waals surface area contributed by atoms with Crippen LogP contribution in [0, 0.1) is 13.8 Å². The van der Waals surface area contributed by atoms with Crippen LogP contribution in [-0.4, -0.2) is 0 Å². The van der Waals surface area contributed by atoms with Crippen molar-refractivity contribution in [2.75, 3.05) is 11.1 Å². The van der Waals surface area contributed by atoms with Crippen molar-refractivity contribution in [3.63, 3.8) is 0 Å². The van der Waals surface area contributed by atoms with Crippen LogP contribution in [0.25, 0.3) is 0 Å².